The topological polar surface area (TPSA) is 84.9 Å². The zero-order chi connectivity index (χ0) is 14.4. The van der Waals surface area contributed by atoms with E-state index in [1.54, 1.807) is 48.5 Å². The number of benzene rings is 2. The monoisotopic (exact) mass is 270 g/mol. The van der Waals surface area contributed by atoms with Crippen molar-refractivity contribution in [3.05, 3.63) is 65.7 Å². The molecule has 1 unspecified atom stereocenters. The fraction of sp³-hybridized carbons (Fsp3) is 0.0667. The van der Waals surface area contributed by atoms with Crippen LogP contribution in [0.15, 0.2) is 59.7 Å². The first kappa shape index (κ1) is 13.6. The summed E-state index contributed by atoms with van der Waals surface area (Å²) in [6.07, 6.45) is 0.459. The van der Waals surface area contributed by atoms with Crippen molar-refractivity contribution in [2.75, 3.05) is 0 Å². The molecule has 0 spiro atoms. The molecular formula is C15H14N2O3. The van der Waals surface area contributed by atoms with Gasteiger partial charge < -0.3 is 15.7 Å². The van der Waals surface area contributed by atoms with Crippen LogP contribution in [0.25, 0.3) is 0 Å². The van der Waals surface area contributed by atoms with Gasteiger partial charge in [-0.15, -0.1) is 0 Å². The van der Waals surface area contributed by atoms with Crippen molar-refractivity contribution >= 4 is 12.2 Å². The number of carboxylic acids is 1. The Kier molecular flexibility index (Phi) is 4.34. The van der Waals surface area contributed by atoms with Gasteiger partial charge in [0, 0.05) is 5.56 Å². The van der Waals surface area contributed by atoms with Crippen molar-refractivity contribution < 1.29 is 14.6 Å². The molecule has 2 aromatic carbocycles. The molecule has 5 heteroatoms. The number of hydrogen-bond donors (Lipinski definition) is 2. The van der Waals surface area contributed by atoms with Crippen molar-refractivity contribution in [1.82, 2.24) is 0 Å². The maximum absolute atomic E-state index is 11.3. The van der Waals surface area contributed by atoms with Gasteiger partial charge in [-0.2, -0.15) is 5.10 Å². The molecule has 0 aliphatic carbocycles. The van der Waals surface area contributed by atoms with E-state index < -0.39 is 12.1 Å². The van der Waals surface area contributed by atoms with Crippen molar-refractivity contribution in [3.8, 4) is 5.75 Å². The Morgan fingerprint density at radius 3 is 2.35 bits per heavy atom. The van der Waals surface area contributed by atoms with Gasteiger partial charge in [-0.1, -0.05) is 30.3 Å². The number of hydrazone groups is 1. The molecule has 0 fully saturated rings. The van der Waals surface area contributed by atoms with Crippen LogP contribution in [0.3, 0.4) is 0 Å². The molecule has 0 aromatic heterocycles. The number of rotatable bonds is 5. The highest BCUT2D eigenvalue weighted by Crippen LogP contribution is 2.22. The molecule has 20 heavy (non-hydrogen) atoms. The van der Waals surface area contributed by atoms with E-state index in [9.17, 15) is 9.90 Å². The van der Waals surface area contributed by atoms with Gasteiger partial charge in [-0.3, -0.25) is 0 Å². The van der Waals surface area contributed by atoms with Gasteiger partial charge in [0.15, 0.2) is 0 Å². The maximum atomic E-state index is 11.3. The molecule has 102 valence electrons. The Morgan fingerprint density at radius 2 is 1.80 bits per heavy atom. The predicted octanol–water partition coefficient (Wildman–Crippen LogP) is 2.18. The second-order valence-corrected chi connectivity index (χ2v) is 4.09. The lowest BCUT2D eigenvalue weighted by Crippen LogP contribution is -2.18. The summed E-state index contributed by atoms with van der Waals surface area (Å²) in [6, 6.07) is 15.6. The number of carboxylic acid groups (broad SMARTS) is 1. The summed E-state index contributed by atoms with van der Waals surface area (Å²) in [5.41, 5.74) is 1.40. The average molecular weight is 270 g/mol. The average Bonchev–Trinajstić information content (AvgIpc) is 2.47. The highest BCUT2D eigenvalue weighted by molar-refractivity contribution is 5.79. The molecule has 1 atom stereocenters. The van der Waals surface area contributed by atoms with Crippen LogP contribution in [-0.2, 0) is 4.79 Å². The molecule has 0 heterocycles. The Hall–Kier alpha value is -2.82. The van der Waals surface area contributed by atoms with E-state index in [4.69, 9.17) is 10.6 Å². The second kappa shape index (κ2) is 6.38. The molecule has 3 N–H and O–H groups in total. The third-order valence-electron chi connectivity index (χ3n) is 2.68. The van der Waals surface area contributed by atoms with Crippen LogP contribution >= 0.6 is 0 Å². The summed E-state index contributed by atoms with van der Waals surface area (Å²) < 4.78 is 5.52. The highest BCUT2D eigenvalue weighted by atomic mass is 16.5. The molecular weight excluding hydrogens is 256 g/mol. The van der Waals surface area contributed by atoms with E-state index in [0.717, 1.165) is 5.56 Å². The standard InChI is InChI=1S/C15H14N2O3/c16-17-10-11-6-8-13(9-7-11)20-14(15(18)19)12-4-2-1-3-5-12/h1-10,14H,16H2,(H,18,19). The zero-order valence-corrected chi connectivity index (χ0v) is 10.6. The normalized spacial score (nSPS) is 12.2. The Balaban J connectivity index is 2.19. The summed E-state index contributed by atoms with van der Waals surface area (Å²) in [6.45, 7) is 0. The number of hydrogen-bond acceptors (Lipinski definition) is 4. The molecule has 0 saturated carbocycles. The Labute approximate surface area is 116 Å². The lowest BCUT2D eigenvalue weighted by molar-refractivity contribution is -0.145. The van der Waals surface area contributed by atoms with Gasteiger partial charge in [0.05, 0.1) is 6.21 Å². The first-order valence-electron chi connectivity index (χ1n) is 5.98. The smallest absolute Gasteiger partial charge is 0.349 e. The maximum Gasteiger partial charge on any atom is 0.349 e. The van der Waals surface area contributed by atoms with Gasteiger partial charge in [0.1, 0.15) is 5.75 Å². The van der Waals surface area contributed by atoms with Gasteiger partial charge in [0.2, 0.25) is 6.10 Å². The molecule has 0 saturated heterocycles. The van der Waals surface area contributed by atoms with Crippen molar-refractivity contribution in [1.29, 1.82) is 0 Å². The minimum absolute atomic E-state index is 0.468. The fourth-order valence-corrected chi connectivity index (χ4v) is 1.74. The van der Waals surface area contributed by atoms with Crippen LogP contribution in [-0.4, -0.2) is 17.3 Å². The summed E-state index contributed by atoms with van der Waals surface area (Å²) in [5, 5.41) is 12.7. The van der Waals surface area contributed by atoms with Gasteiger partial charge >= 0.3 is 5.97 Å². The van der Waals surface area contributed by atoms with E-state index in [1.165, 1.54) is 6.21 Å². The van der Waals surface area contributed by atoms with Crippen LogP contribution < -0.4 is 10.6 Å². The minimum atomic E-state index is -1.04. The van der Waals surface area contributed by atoms with Crippen molar-refractivity contribution in [2.24, 2.45) is 10.9 Å². The van der Waals surface area contributed by atoms with Crippen LogP contribution in [0.2, 0.25) is 0 Å². The van der Waals surface area contributed by atoms with E-state index in [2.05, 4.69) is 5.10 Å². The highest BCUT2D eigenvalue weighted by Gasteiger charge is 2.21. The van der Waals surface area contributed by atoms with Crippen LogP contribution in [0.4, 0.5) is 0 Å². The Morgan fingerprint density at radius 1 is 1.15 bits per heavy atom. The molecule has 0 aliphatic rings. The fourth-order valence-electron chi connectivity index (χ4n) is 1.74. The number of nitrogens with zero attached hydrogens (tertiary/aromatic N) is 1. The molecule has 0 aliphatic heterocycles. The lowest BCUT2D eigenvalue weighted by Gasteiger charge is -2.15. The van der Waals surface area contributed by atoms with Gasteiger partial charge in [-0.25, -0.2) is 4.79 Å². The first-order chi connectivity index (χ1) is 9.70. The molecule has 0 amide bonds. The quantitative estimate of drug-likeness (QED) is 0.495. The molecule has 5 nitrogen and oxygen atoms in total. The van der Waals surface area contributed by atoms with E-state index >= 15 is 0 Å². The molecule has 2 aromatic rings. The molecule has 0 bridgehead atoms. The number of nitrogens with two attached hydrogens (primary N) is 1. The van der Waals surface area contributed by atoms with Crippen molar-refractivity contribution in [3.63, 3.8) is 0 Å². The van der Waals surface area contributed by atoms with Crippen LogP contribution in [0.1, 0.15) is 17.2 Å². The van der Waals surface area contributed by atoms with Crippen molar-refractivity contribution in [2.45, 2.75) is 6.10 Å². The largest absolute Gasteiger partial charge is 0.478 e. The first-order valence-corrected chi connectivity index (χ1v) is 5.98. The summed E-state index contributed by atoms with van der Waals surface area (Å²) in [5.74, 6) is 4.49. The number of aliphatic carboxylic acids is 1. The minimum Gasteiger partial charge on any atom is -0.478 e. The molecule has 0 radical (unpaired) electrons. The second-order valence-electron chi connectivity index (χ2n) is 4.09. The third-order valence-corrected chi connectivity index (χ3v) is 2.68. The van der Waals surface area contributed by atoms with Crippen LogP contribution in [0, 0.1) is 0 Å². The van der Waals surface area contributed by atoms with E-state index in [1.807, 2.05) is 6.07 Å². The van der Waals surface area contributed by atoms with E-state index in [-0.39, 0.29) is 0 Å². The third kappa shape index (κ3) is 3.35. The van der Waals surface area contributed by atoms with Gasteiger partial charge in [-0.05, 0) is 29.8 Å². The Bertz CT molecular complexity index is 594. The SMILES string of the molecule is NN=Cc1ccc(OC(C(=O)O)c2ccccc2)cc1. The van der Waals surface area contributed by atoms with Gasteiger partial charge in [0.25, 0.3) is 0 Å². The number of carbonyl (C=O) groups is 1. The van der Waals surface area contributed by atoms with Crippen LogP contribution in [0.5, 0.6) is 5.75 Å². The summed E-state index contributed by atoms with van der Waals surface area (Å²) in [7, 11) is 0. The zero-order valence-electron chi connectivity index (χ0n) is 10.6. The summed E-state index contributed by atoms with van der Waals surface area (Å²) in [4.78, 5) is 11.3. The molecule has 2 rings (SSSR count). The number of ether oxygens (including phenoxy) is 1. The lowest BCUT2D eigenvalue weighted by atomic mass is 10.1. The predicted molar refractivity (Wildman–Crippen MR) is 75.7 cm³/mol. The summed E-state index contributed by atoms with van der Waals surface area (Å²) >= 11 is 0. The van der Waals surface area contributed by atoms with E-state index in [0.29, 0.717) is 11.3 Å².